The van der Waals surface area contributed by atoms with Crippen molar-refractivity contribution >= 4 is 0 Å². The maximum atomic E-state index is 9.64. The van der Waals surface area contributed by atoms with Gasteiger partial charge in [-0.15, -0.1) is 0 Å². The van der Waals surface area contributed by atoms with E-state index in [1.54, 1.807) is 19.2 Å². The molecule has 0 atom stereocenters. The molecule has 0 aliphatic heterocycles. The minimum atomic E-state index is 0.190. The summed E-state index contributed by atoms with van der Waals surface area (Å²) in [7, 11) is 1.57. The molecule has 0 saturated carbocycles. The van der Waals surface area contributed by atoms with Gasteiger partial charge in [0.1, 0.15) is 5.75 Å². The Hall–Kier alpha value is -1.10. The number of phenols is 1. The van der Waals surface area contributed by atoms with E-state index < -0.39 is 0 Å². The second-order valence-electron chi connectivity index (χ2n) is 2.67. The van der Waals surface area contributed by atoms with Gasteiger partial charge in [0.05, 0.1) is 13.2 Å². The molecule has 0 bridgehead atoms. The van der Waals surface area contributed by atoms with E-state index in [2.05, 4.69) is 4.84 Å². The average molecular weight is 183 g/mol. The molecule has 1 rings (SSSR count). The molecule has 0 saturated heterocycles. The monoisotopic (exact) mass is 183 g/mol. The summed E-state index contributed by atoms with van der Waals surface area (Å²) in [5.74, 6) is 5.10. The Labute approximate surface area is 76.8 Å². The van der Waals surface area contributed by atoms with Crippen LogP contribution in [0.2, 0.25) is 0 Å². The first kappa shape index (κ1) is 9.98. The van der Waals surface area contributed by atoms with E-state index in [4.69, 9.17) is 10.6 Å². The summed E-state index contributed by atoms with van der Waals surface area (Å²) in [6, 6.07) is 5.36. The van der Waals surface area contributed by atoms with Crippen LogP contribution in [-0.2, 0) is 22.8 Å². The maximum absolute atomic E-state index is 9.64. The quantitative estimate of drug-likeness (QED) is 0.681. The third kappa shape index (κ3) is 2.42. The fourth-order valence-corrected chi connectivity index (χ4v) is 1.12. The third-order valence-corrected chi connectivity index (χ3v) is 1.74. The van der Waals surface area contributed by atoms with Gasteiger partial charge in [-0.2, -0.15) is 0 Å². The predicted octanol–water partition coefficient (Wildman–Crippen LogP) is 0.929. The molecule has 0 unspecified atom stereocenters. The predicted molar refractivity (Wildman–Crippen MR) is 47.8 cm³/mol. The van der Waals surface area contributed by atoms with Gasteiger partial charge in [0, 0.05) is 18.2 Å². The zero-order valence-electron chi connectivity index (χ0n) is 7.49. The largest absolute Gasteiger partial charge is 0.507 e. The lowest BCUT2D eigenvalue weighted by molar-refractivity contribution is 0.121. The Kier molecular flexibility index (Phi) is 3.70. The van der Waals surface area contributed by atoms with Crippen LogP contribution in [0.15, 0.2) is 18.2 Å². The first-order valence-electron chi connectivity index (χ1n) is 3.90. The molecule has 13 heavy (non-hydrogen) atoms. The summed E-state index contributed by atoms with van der Waals surface area (Å²) in [6.07, 6.45) is 0. The Bertz CT molecular complexity index is 251. The summed E-state index contributed by atoms with van der Waals surface area (Å²) < 4.78 is 4.91. The van der Waals surface area contributed by atoms with Crippen LogP contribution in [0.1, 0.15) is 11.1 Å². The topological polar surface area (TPSA) is 64.7 Å². The van der Waals surface area contributed by atoms with Crippen molar-refractivity contribution in [2.75, 3.05) is 7.11 Å². The van der Waals surface area contributed by atoms with E-state index in [9.17, 15) is 5.11 Å². The first-order valence-corrected chi connectivity index (χ1v) is 3.90. The van der Waals surface area contributed by atoms with Crippen LogP contribution in [0.3, 0.4) is 0 Å². The van der Waals surface area contributed by atoms with Crippen LogP contribution in [0.25, 0.3) is 0 Å². The summed E-state index contributed by atoms with van der Waals surface area (Å²) in [5, 5.41) is 9.64. The second kappa shape index (κ2) is 4.81. The van der Waals surface area contributed by atoms with Crippen LogP contribution in [0, 0.1) is 0 Å². The van der Waals surface area contributed by atoms with Gasteiger partial charge < -0.3 is 9.84 Å². The normalized spacial score (nSPS) is 10.3. The molecule has 0 amide bonds. The number of hydrogen-bond acceptors (Lipinski definition) is 4. The standard InChI is InChI=1S/C9H13NO3/c1-12-5-7-3-2-4-8(6-13-10)9(7)11/h2-4,11H,5-6,10H2,1H3. The van der Waals surface area contributed by atoms with Gasteiger partial charge in [0.25, 0.3) is 0 Å². The minimum Gasteiger partial charge on any atom is -0.507 e. The molecule has 0 heterocycles. The molecule has 0 spiro atoms. The minimum absolute atomic E-state index is 0.190. The van der Waals surface area contributed by atoms with Crippen molar-refractivity contribution in [1.82, 2.24) is 0 Å². The highest BCUT2D eigenvalue weighted by atomic mass is 16.6. The first-order chi connectivity index (χ1) is 6.29. The van der Waals surface area contributed by atoms with E-state index in [0.29, 0.717) is 12.2 Å². The molecule has 0 aliphatic carbocycles. The van der Waals surface area contributed by atoms with Crippen molar-refractivity contribution in [2.24, 2.45) is 5.90 Å². The number of aromatic hydroxyl groups is 1. The molecule has 0 aliphatic rings. The molecular weight excluding hydrogens is 170 g/mol. The van der Waals surface area contributed by atoms with Gasteiger partial charge in [0.2, 0.25) is 0 Å². The Morgan fingerprint density at radius 2 is 1.92 bits per heavy atom. The van der Waals surface area contributed by atoms with Crippen LogP contribution in [0.5, 0.6) is 5.75 Å². The zero-order chi connectivity index (χ0) is 9.68. The van der Waals surface area contributed by atoms with Crippen molar-refractivity contribution in [3.63, 3.8) is 0 Å². The van der Waals surface area contributed by atoms with Crippen LogP contribution in [0.4, 0.5) is 0 Å². The van der Waals surface area contributed by atoms with E-state index >= 15 is 0 Å². The zero-order valence-corrected chi connectivity index (χ0v) is 7.49. The smallest absolute Gasteiger partial charge is 0.126 e. The molecule has 72 valence electrons. The van der Waals surface area contributed by atoms with Crippen molar-refractivity contribution in [1.29, 1.82) is 0 Å². The average Bonchev–Trinajstić information content (AvgIpc) is 2.13. The Balaban J connectivity index is 2.89. The van der Waals surface area contributed by atoms with Crippen LogP contribution < -0.4 is 5.90 Å². The molecule has 0 aromatic heterocycles. The summed E-state index contributed by atoms with van der Waals surface area (Å²) in [5.41, 5.74) is 1.40. The summed E-state index contributed by atoms with van der Waals surface area (Å²) in [4.78, 5) is 4.44. The SMILES string of the molecule is COCc1cccc(CON)c1O. The van der Waals surface area contributed by atoms with Crippen molar-refractivity contribution in [3.8, 4) is 5.75 Å². The van der Waals surface area contributed by atoms with Gasteiger partial charge in [-0.05, 0) is 0 Å². The van der Waals surface area contributed by atoms with Crippen LogP contribution >= 0.6 is 0 Å². The fraction of sp³-hybridized carbons (Fsp3) is 0.333. The highest BCUT2D eigenvalue weighted by Gasteiger charge is 2.05. The van der Waals surface area contributed by atoms with Crippen molar-refractivity contribution in [2.45, 2.75) is 13.2 Å². The van der Waals surface area contributed by atoms with Crippen molar-refractivity contribution < 1.29 is 14.7 Å². The second-order valence-corrected chi connectivity index (χ2v) is 2.67. The third-order valence-electron chi connectivity index (χ3n) is 1.74. The lowest BCUT2D eigenvalue weighted by atomic mass is 10.1. The number of rotatable bonds is 4. The molecule has 1 aromatic rings. The number of nitrogens with two attached hydrogens (primary N) is 1. The molecule has 3 N–H and O–H groups in total. The maximum Gasteiger partial charge on any atom is 0.126 e. The van der Waals surface area contributed by atoms with E-state index in [1.807, 2.05) is 6.07 Å². The fourth-order valence-electron chi connectivity index (χ4n) is 1.12. The molecule has 4 heteroatoms. The highest BCUT2D eigenvalue weighted by Crippen LogP contribution is 2.23. The lowest BCUT2D eigenvalue weighted by Crippen LogP contribution is -2.00. The molecule has 0 fully saturated rings. The number of methoxy groups -OCH3 is 1. The van der Waals surface area contributed by atoms with Gasteiger partial charge in [0.15, 0.2) is 0 Å². The van der Waals surface area contributed by atoms with Gasteiger partial charge in [-0.25, -0.2) is 5.90 Å². The van der Waals surface area contributed by atoms with Gasteiger partial charge in [-0.1, -0.05) is 18.2 Å². The number of phenolic OH excluding ortho intramolecular Hbond substituents is 1. The van der Waals surface area contributed by atoms with E-state index in [0.717, 1.165) is 5.56 Å². The summed E-state index contributed by atoms with van der Waals surface area (Å²) in [6.45, 7) is 0.577. The van der Waals surface area contributed by atoms with E-state index in [-0.39, 0.29) is 12.4 Å². The highest BCUT2D eigenvalue weighted by molar-refractivity contribution is 5.39. The van der Waals surface area contributed by atoms with Gasteiger partial charge >= 0.3 is 0 Å². The molecular formula is C9H13NO3. The number of hydrogen-bond donors (Lipinski definition) is 2. The van der Waals surface area contributed by atoms with E-state index in [1.165, 1.54) is 0 Å². The molecule has 4 nitrogen and oxygen atoms in total. The number of ether oxygens (including phenoxy) is 1. The van der Waals surface area contributed by atoms with Gasteiger partial charge in [-0.3, -0.25) is 4.84 Å². The van der Waals surface area contributed by atoms with Crippen molar-refractivity contribution in [3.05, 3.63) is 29.3 Å². The number of benzene rings is 1. The lowest BCUT2D eigenvalue weighted by Gasteiger charge is -2.07. The molecule has 0 radical (unpaired) electrons. The Morgan fingerprint density at radius 3 is 2.46 bits per heavy atom. The number of para-hydroxylation sites is 1. The van der Waals surface area contributed by atoms with Crippen LogP contribution in [-0.4, -0.2) is 12.2 Å². The molecule has 1 aromatic carbocycles. The Morgan fingerprint density at radius 1 is 1.31 bits per heavy atom. The summed E-state index contributed by atoms with van der Waals surface area (Å²) >= 11 is 0.